The van der Waals surface area contributed by atoms with Crippen molar-refractivity contribution in [3.63, 3.8) is 0 Å². The van der Waals surface area contributed by atoms with Crippen LogP contribution in [0.3, 0.4) is 0 Å². The van der Waals surface area contributed by atoms with Crippen LogP contribution in [0.2, 0.25) is 0 Å². The number of para-hydroxylation sites is 2. The summed E-state index contributed by atoms with van der Waals surface area (Å²) in [6, 6.07) is 14.6. The molecule has 0 radical (unpaired) electrons. The first-order chi connectivity index (χ1) is 14.0. The molecule has 7 heteroatoms. The molecular weight excluding hydrogens is 372 g/mol. The van der Waals surface area contributed by atoms with Gasteiger partial charge in [0.25, 0.3) is 5.91 Å². The van der Waals surface area contributed by atoms with Crippen LogP contribution in [0.15, 0.2) is 48.5 Å². The highest BCUT2D eigenvalue weighted by atomic mass is 16.5. The van der Waals surface area contributed by atoms with Crippen LogP contribution in [-0.4, -0.2) is 37.5 Å². The molecule has 1 saturated heterocycles. The van der Waals surface area contributed by atoms with Gasteiger partial charge in [-0.1, -0.05) is 24.3 Å². The number of carbonyl (C=O) groups excluding carboxylic acids is 3. The second-order valence-electron chi connectivity index (χ2n) is 6.83. The van der Waals surface area contributed by atoms with E-state index in [1.54, 1.807) is 29.2 Å². The van der Waals surface area contributed by atoms with E-state index in [4.69, 9.17) is 9.47 Å². The van der Waals surface area contributed by atoms with Gasteiger partial charge in [0.15, 0.2) is 6.61 Å². The number of anilines is 2. The van der Waals surface area contributed by atoms with Gasteiger partial charge in [-0.3, -0.25) is 14.4 Å². The summed E-state index contributed by atoms with van der Waals surface area (Å²) in [5.41, 5.74) is 2.30. The standard InChI is InChI=1S/C22H24N2O5/c1-3-28-19-10-5-4-9-18(19)23-20(25)14-29-22(27)16-12-21(26)24(13-16)17-8-6-7-15(2)11-17/h4-11,16H,3,12-14H2,1-2H3,(H,23,25)/t16-/m1/s1. The van der Waals surface area contributed by atoms with Crippen molar-refractivity contribution in [1.29, 1.82) is 0 Å². The van der Waals surface area contributed by atoms with E-state index in [1.807, 2.05) is 38.1 Å². The molecular formula is C22H24N2O5. The lowest BCUT2D eigenvalue weighted by molar-refractivity contribution is -0.151. The molecule has 7 nitrogen and oxygen atoms in total. The highest BCUT2D eigenvalue weighted by molar-refractivity contribution is 6.00. The summed E-state index contributed by atoms with van der Waals surface area (Å²) in [5.74, 6) is -1.20. The van der Waals surface area contributed by atoms with Gasteiger partial charge in [-0.05, 0) is 43.7 Å². The van der Waals surface area contributed by atoms with Crippen LogP contribution < -0.4 is 15.0 Å². The van der Waals surface area contributed by atoms with Crippen molar-refractivity contribution >= 4 is 29.2 Å². The Morgan fingerprint density at radius 1 is 1.17 bits per heavy atom. The van der Waals surface area contributed by atoms with Gasteiger partial charge in [0.05, 0.1) is 18.2 Å². The van der Waals surface area contributed by atoms with E-state index in [9.17, 15) is 14.4 Å². The van der Waals surface area contributed by atoms with Crippen LogP contribution in [-0.2, 0) is 19.1 Å². The molecule has 0 aromatic heterocycles. The molecule has 29 heavy (non-hydrogen) atoms. The number of carbonyl (C=O) groups is 3. The second-order valence-corrected chi connectivity index (χ2v) is 6.83. The van der Waals surface area contributed by atoms with Crippen LogP contribution >= 0.6 is 0 Å². The molecule has 1 heterocycles. The Bertz CT molecular complexity index is 912. The number of aryl methyl sites for hydroxylation is 1. The molecule has 2 aromatic carbocycles. The average Bonchev–Trinajstić information content (AvgIpc) is 3.10. The molecule has 1 N–H and O–H groups in total. The summed E-state index contributed by atoms with van der Waals surface area (Å²) in [6.45, 7) is 4.08. The zero-order chi connectivity index (χ0) is 20.8. The van der Waals surface area contributed by atoms with E-state index in [-0.39, 0.29) is 18.9 Å². The second kappa shape index (κ2) is 9.23. The van der Waals surface area contributed by atoms with Gasteiger partial charge in [-0.2, -0.15) is 0 Å². The molecule has 3 rings (SSSR count). The summed E-state index contributed by atoms with van der Waals surface area (Å²) in [7, 11) is 0. The molecule has 0 saturated carbocycles. The zero-order valence-electron chi connectivity index (χ0n) is 16.5. The minimum absolute atomic E-state index is 0.0710. The molecule has 1 fully saturated rings. The topological polar surface area (TPSA) is 84.9 Å². The lowest BCUT2D eigenvalue weighted by atomic mass is 10.1. The SMILES string of the molecule is CCOc1ccccc1NC(=O)COC(=O)[C@@H]1CC(=O)N(c2cccc(C)c2)C1. The van der Waals surface area contributed by atoms with E-state index in [1.165, 1.54) is 0 Å². The van der Waals surface area contributed by atoms with Crippen molar-refractivity contribution in [2.75, 3.05) is 30.0 Å². The molecule has 2 aromatic rings. The summed E-state index contributed by atoms with van der Waals surface area (Å²) in [5, 5.41) is 2.67. The van der Waals surface area contributed by atoms with Gasteiger partial charge in [0.1, 0.15) is 5.75 Å². The molecule has 0 unspecified atom stereocenters. The van der Waals surface area contributed by atoms with Crippen LogP contribution in [0.1, 0.15) is 18.9 Å². The maximum atomic E-state index is 12.4. The molecule has 152 valence electrons. The maximum Gasteiger partial charge on any atom is 0.311 e. The minimum atomic E-state index is -0.591. The van der Waals surface area contributed by atoms with Gasteiger partial charge < -0.3 is 19.7 Å². The number of hydrogen-bond donors (Lipinski definition) is 1. The van der Waals surface area contributed by atoms with E-state index >= 15 is 0 Å². The predicted molar refractivity (Wildman–Crippen MR) is 109 cm³/mol. The van der Waals surface area contributed by atoms with E-state index in [0.717, 1.165) is 11.3 Å². The van der Waals surface area contributed by atoms with Crippen LogP contribution in [0.5, 0.6) is 5.75 Å². The fraction of sp³-hybridized carbons (Fsp3) is 0.318. The van der Waals surface area contributed by atoms with Crippen molar-refractivity contribution in [2.24, 2.45) is 5.92 Å². The van der Waals surface area contributed by atoms with Crippen LogP contribution in [0.4, 0.5) is 11.4 Å². The quantitative estimate of drug-likeness (QED) is 0.728. The fourth-order valence-corrected chi connectivity index (χ4v) is 3.20. The summed E-state index contributed by atoms with van der Waals surface area (Å²) < 4.78 is 10.6. The monoisotopic (exact) mass is 396 g/mol. The summed E-state index contributed by atoms with van der Waals surface area (Å²) in [4.78, 5) is 38.4. The van der Waals surface area contributed by atoms with Gasteiger partial charge in [0, 0.05) is 18.7 Å². The molecule has 0 bridgehead atoms. The summed E-state index contributed by atoms with van der Waals surface area (Å²) >= 11 is 0. The number of ether oxygens (including phenoxy) is 2. The maximum absolute atomic E-state index is 12.4. The van der Waals surface area contributed by atoms with Crippen molar-refractivity contribution in [2.45, 2.75) is 20.3 Å². The normalized spacial score (nSPS) is 15.9. The zero-order valence-corrected chi connectivity index (χ0v) is 16.5. The number of benzene rings is 2. The Balaban J connectivity index is 1.53. The van der Waals surface area contributed by atoms with E-state index in [0.29, 0.717) is 18.0 Å². The third-order valence-corrected chi connectivity index (χ3v) is 4.58. The Hall–Kier alpha value is -3.35. The average molecular weight is 396 g/mol. The molecule has 0 aliphatic carbocycles. The van der Waals surface area contributed by atoms with Gasteiger partial charge in [-0.25, -0.2) is 0 Å². The smallest absolute Gasteiger partial charge is 0.311 e. The lowest BCUT2D eigenvalue weighted by Gasteiger charge is -2.17. The van der Waals surface area contributed by atoms with Crippen LogP contribution in [0.25, 0.3) is 0 Å². The Labute approximate surface area is 169 Å². The number of amides is 2. The molecule has 0 spiro atoms. The largest absolute Gasteiger partial charge is 0.492 e. The van der Waals surface area contributed by atoms with Gasteiger partial charge in [-0.15, -0.1) is 0 Å². The van der Waals surface area contributed by atoms with Crippen molar-refractivity contribution < 1.29 is 23.9 Å². The Morgan fingerprint density at radius 2 is 1.97 bits per heavy atom. The number of nitrogens with one attached hydrogen (secondary N) is 1. The number of rotatable bonds is 7. The van der Waals surface area contributed by atoms with Gasteiger partial charge in [0.2, 0.25) is 5.91 Å². The highest BCUT2D eigenvalue weighted by Crippen LogP contribution is 2.27. The molecule has 1 atom stereocenters. The predicted octanol–water partition coefficient (Wildman–Crippen LogP) is 2.93. The first kappa shape index (κ1) is 20.4. The van der Waals surface area contributed by atoms with Crippen molar-refractivity contribution in [1.82, 2.24) is 0 Å². The number of nitrogens with zero attached hydrogens (tertiary/aromatic N) is 1. The third kappa shape index (κ3) is 5.13. The fourth-order valence-electron chi connectivity index (χ4n) is 3.20. The van der Waals surface area contributed by atoms with E-state index in [2.05, 4.69) is 5.32 Å². The molecule has 2 amide bonds. The Morgan fingerprint density at radius 3 is 2.72 bits per heavy atom. The van der Waals surface area contributed by atoms with Crippen LogP contribution in [0, 0.1) is 12.8 Å². The third-order valence-electron chi connectivity index (χ3n) is 4.58. The number of hydrogen-bond acceptors (Lipinski definition) is 5. The van der Waals surface area contributed by atoms with Crippen molar-refractivity contribution in [3.8, 4) is 5.75 Å². The first-order valence-electron chi connectivity index (χ1n) is 9.53. The number of esters is 1. The first-order valence-corrected chi connectivity index (χ1v) is 9.53. The molecule has 1 aliphatic rings. The van der Waals surface area contributed by atoms with E-state index < -0.39 is 24.4 Å². The lowest BCUT2D eigenvalue weighted by Crippen LogP contribution is -2.28. The minimum Gasteiger partial charge on any atom is -0.492 e. The van der Waals surface area contributed by atoms with Crippen molar-refractivity contribution in [3.05, 3.63) is 54.1 Å². The summed E-state index contributed by atoms with van der Waals surface area (Å²) in [6.07, 6.45) is 0.0710. The van der Waals surface area contributed by atoms with Gasteiger partial charge >= 0.3 is 5.97 Å². The Kier molecular flexibility index (Phi) is 6.49. The highest BCUT2D eigenvalue weighted by Gasteiger charge is 2.36. The molecule has 1 aliphatic heterocycles.